The zero-order valence-electron chi connectivity index (χ0n) is 8.46. The fourth-order valence-electron chi connectivity index (χ4n) is 1.72. The topological polar surface area (TPSA) is 74.7 Å². The Morgan fingerprint density at radius 1 is 1.38 bits per heavy atom. The number of carboxylic acid groups (broad SMARTS) is 1. The highest BCUT2D eigenvalue weighted by atomic mass is 32.2. The smallest absolute Gasteiger partial charge is 0.335 e. The molecular weight excluding hydrogens is 230 g/mol. The Morgan fingerprint density at radius 2 is 2.12 bits per heavy atom. The van der Waals surface area contributed by atoms with Crippen LogP contribution < -0.4 is 4.31 Å². The molecule has 1 fully saturated rings. The molecule has 2 rings (SSSR count). The molecule has 0 spiro atoms. The monoisotopic (exact) mass is 241 g/mol. The lowest BCUT2D eigenvalue weighted by atomic mass is 10.2. The van der Waals surface area contributed by atoms with Crippen LogP contribution in [-0.2, 0) is 10.0 Å². The Bertz CT molecular complexity index is 523. The molecule has 86 valence electrons. The van der Waals surface area contributed by atoms with Gasteiger partial charge in [-0.05, 0) is 24.6 Å². The van der Waals surface area contributed by atoms with Crippen molar-refractivity contribution in [3.63, 3.8) is 0 Å². The molecule has 1 aliphatic heterocycles. The number of hydrogen-bond donors (Lipinski definition) is 1. The number of carbonyl (C=O) groups is 1. The fraction of sp³-hybridized carbons (Fsp3) is 0.300. The van der Waals surface area contributed by atoms with E-state index in [1.165, 1.54) is 16.4 Å². The van der Waals surface area contributed by atoms with Gasteiger partial charge in [0.15, 0.2) is 0 Å². The average molecular weight is 241 g/mol. The molecule has 0 atom stereocenters. The van der Waals surface area contributed by atoms with Crippen LogP contribution in [0, 0.1) is 0 Å². The molecule has 16 heavy (non-hydrogen) atoms. The van der Waals surface area contributed by atoms with Crippen LogP contribution in [0.15, 0.2) is 24.3 Å². The first-order valence-corrected chi connectivity index (χ1v) is 6.45. The van der Waals surface area contributed by atoms with E-state index in [2.05, 4.69) is 0 Å². The van der Waals surface area contributed by atoms with Crippen LogP contribution in [0.1, 0.15) is 16.8 Å². The van der Waals surface area contributed by atoms with Gasteiger partial charge in [-0.15, -0.1) is 0 Å². The van der Waals surface area contributed by atoms with E-state index in [0.29, 0.717) is 18.7 Å². The van der Waals surface area contributed by atoms with Crippen molar-refractivity contribution in [2.45, 2.75) is 6.42 Å². The van der Waals surface area contributed by atoms with Crippen molar-refractivity contribution in [2.24, 2.45) is 0 Å². The Labute approximate surface area is 93.4 Å². The molecule has 1 aromatic rings. The van der Waals surface area contributed by atoms with E-state index in [0.717, 1.165) is 0 Å². The summed E-state index contributed by atoms with van der Waals surface area (Å²) in [4.78, 5) is 10.8. The van der Waals surface area contributed by atoms with Gasteiger partial charge in [0.25, 0.3) is 0 Å². The number of anilines is 1. The van der Waals surface area contributed by atoms with Gasteiger partial charge in [-0.25, -0.2) is 13.2 Å². The van der Waals surface area contributed by atoms with Crippen LogP contribution in [0.4, 0.5) is 5.69 Å². The summed E-state index contributed by atoms with van der Waals surface area (Å²) in [6.45, 7) is 0.422. The molecule has 1 N–H and O–H groups in total. The van der Waals surface area contributed by atoms with Crippen LogP contribution in [0.25, 0.3) is 0 Å². The molecule has 0 radical (unpaired) electrons. The number of benzene rings is 1. The number of hydrogen-bond acceptors (Lipinski definition) is 3. The molecule has 0 aliphatic carbocycles. The number of aromatic carboxylic acids is 1. The van der Waals surface area contributed by atoms with Crippen LogP contribution in [0.5, 0.6) is 0 Å². The van der Waals surface area contributed by atoms with E-state index in [1.807, 2.05) is 0 Å². The van der Waals surface area contributed by atoms with Crippen molar-refractivity contribution in [3.05, 3.63) is 29.8 Å². The number of sulfonamides is 1. The van der Waals surface area contributed by atoms with E-state index < -0.39 is 16.0 Å². The van der Waals surface area contributed by atoms with Crippen molar-refractivity contribution in [2.75, 3.05) is 16.6 Å². The zero-order chi connectivity index (χ0) is 11.8. The molecule has 1 heterocycles. The van der Waals surface area contributed by atoms with Crippen molar-refractivity contribution in [1.82, 2.24) is 0 Å². The SMILES string of the molecule is O=C(O)c1cccc(N2CCCS2(=O)=O)c1. The third-order valence-corrected chi connectivity index (χ3v) is 4.35. The summed E-state index contributed by atoms with van der Waals surface area (Å²) >= 11 is 0. The van der Waals surface area contributed by atoms with Crippen LogP contribution in [0.3, 0.4) is 0 Å². The van der Waals surface area contributed by atoms with Crippen molar-refractivity contribution in [1.29, 1.82) is 0 Å². The quantitative estimate of drug-likeness (QED) is 0.835. The maximum Gasteiger partial charge on any atom is 0.335 e. The number of carboxylic acids is 1. The first kappa shape index (κ1) is 10.9. The minimum Gasteiger partial charge on any atom is -0.478 e. The maximum atomic E-state index is 11.6. The first-order valence-electron chi connectivity index (χ1n) is 4.84. The molecule has 0 saturated carbocycles. The van der Waals surface area contributed by atoms with Gasteiger partial charge in [-0.1, -0.05) is 6.07 Å². The molecule has 5 nitrogen and oxygen atoms in total. The normalized spacial score (nSPS) is 18.6. The van der Waals surface area contributed by atoms with E-state index in [1.54, 1.807) is 12.1 Å². The lowest BCUT2D eigenvalue weighted by Crippen LogP contribution is -2.25. The largest absolute Gasteiger partial charge is 0.478 e. The maximum absolute atomic E-state index is 11.6. The summed E-state index contributed by atoms with van der Waals surface area (Å²) < 4.78 is 24.5. The van der Waals surface area contributed by atoms with Crippen molar-refractivity contribution >= 4 is 21.7 Å². The van der Waals surface area contributed by atoms with E-state index in [9.17, 15) is 13.2 Å². The van der Waals surface area contributed by atoms with Gasteiger partial charge in [0.2, 0.25) is 10.0 Å². The molecular formula is C10H11NO4S. The highest BCUT2D eigenvalue weighted by Gasteiger charge is 2.28. The lowest BCUT2D eigenvalue weighted by molar-refractivity contribution is 0.0697. The van der Waals surface area contributed by atoms with E-state index in [4.69, 9.17) is 5.11 Å². The summed E-state index contributed by atoms with van der Waals surface area (Å²) in [5, 5.41) is 8.81. The second kappa shape index (κ2) is 3.79. The summed E-state index contributed by atoms with van der Waals surface area (Å²) in [6.07, 6.45) is 0.583. The van der Waals surface area contributed by atoms with Gasteiger partial charge in [0.1, 0.15) is 0 Å². The fourth-order valence-corrected chi connectivity index (χ4v) is 3.28. The molecule has 1 saturated heterocycles. The summed E-state index contributed by atoms with van der Waals surface area (Å²) in [5.74, 6) is -0.928. The molecule has 0 bridgehead atoms. The predicted octanol–water partition coefficient (Wildman–Crippen LogP) is 0.925. The van der Waals surface area contributed by atoms with Crippen LogP contribution in [-0.4, -0.2) is 31.8 Å². The molecule has 0 aromatic heterocycles. The summed E-state index contributed by atoms with van der Waals surface area (Å²) in [5.41, 5.74) is 0.525. The molecule has 0 amide bonds. The second-order valence-electron chi connectivity index (χ2n) is 3.60. The lowest BCUT2D eigenvalue weighted by Gasteiger charge is -2.16. The minimum atomic E-state index is -3.24. The van der Waals surface area contributed by atoms with Crippen LogP contribution >= 0.6 is 0 Å². The average Bonchev–Trinajstić information content (AvgIpc) is 2.58. The van der Waals surface area contributed by atoms with Gasteiger partial charge < -0.3 is 5.11 Å². The Balaban J connectivity index is 2.41. The highest BCUT2D eigenvalue weighted by Crippen LogP contribution is 2.24. The molecule has 0 unspecified atom stereocenters. The third kappa shape index (κ3) is 1.88. The van der Waals surface area contributed by atoms with E-state index in [-0.39, 0.29) is 11.3 Å². The second-order valence-corrected chi connectivity index (χ2v) is 5.61. The zero-order valence-corrected chi connectivity index (χ0v) is 9.27. The number of rotatable bonds is 2. The first-order chi connectivity index (χ1) is 7.50. The molecule has 1 aliphatic rings. The Morgan fingerprint density at radius 3 is 2.69 bits per heavy atom. The summed E-state index contributed by atoms with van der Waals surface area (Å²) in [6, 6.07) is 5.97. The third-order valence-electron chi connectivity index (χ3n) is 2.48. The predicted molar refractivity (Wildman–Crippen MR) is 59.2 cm³/mol. The van der Waals surface area contributed by atoms with Gasteiger partial charge in [0, 0.05) is 6.54 Å². The van der Waals surface area contributed by atoms with Gasteiger partial charge >= 0.3 is 5.97 Å². The molecule has 1 aromatic carbocycles. The Kier molecular flexibility index (Phi) is 2.59. The van der Waals surface area contributed by atoms with Crippen LogP contribution in [0.2, 0.25) is 0 Å². The highest BCUT2D eigenvalue weighted by molar-refractivity contribution is 7.93. The Hall–Kier alpha value is -1.56. The van der Waals surface area contributed by atoms with E-state index >= 15 is 0 Å². The van der Waals surface area contributed by atoms with Gasteiger partial charge in [0.05, 0.1) is 17.0 Å². The number of nitrogens with zero attached hydrogens (tertiary/aromatic N) is 1. The van der Waals surface area contributed by atoms with Crippen molar-refractivity contribution < 1.29 is 18.3 Å². The van der Waals surface area contributed by atoms with Gasteiger partial charge in [-0.3, -0.25) is 4.31 Å². The van der Waals surface area contributed by atoms with Gasteiger partial charge in [-0.2, -0.15) is 0 Å². The molecule has 6 heteroatoms. The summed E-state index contributed by atoms with van der Waals surface area (Å²) in [7, 11) is -3.24. The standard InChI is InChI=1S/C10H11NO4S/c12-10(13)8-3-1-4-9(7-8)11-5-2-6-16(11,14)15/h1,3-4,7H,2,5-6H2,(H,12,13). The van der Waals surface area contributed by atoms with Crippen molar-refractivity contribution in [3.8, 4) is 0 Å². The minimum absolute atomic E-state index is 0.0969.